The highest BCUT2D eigenvalue weighted by Crippen LogP contribution is 2.13. The van der Waals surface area contributed by atoms with Gasteiger partial charge < -0.3 is 25.6 Å². The van der Waals surface area contributed by atoms with E-state index in [2.05, 4.69) is 32.9 Å². The van der Waals surface area contributed by atoms with Gasteiger partial charge >= 0.3 is 0 Å². The first-order valence-electron chi connectivity index (χ1n) is 8.27. The van der Waals surface area contributed by atoms with Crippen LogP contribution >= 0.6 is 0 Å². The van der Waals surface area contributed by atoms with E-state index < -0.39 is 5.41 Å². The van der Waals surface area contributed by atoms with Gasteiger partial charge in [-0.2, -0.15) is 0 Å². The number of hydrogen-bond donors (Lipinski definition) is 3. The number of amides is 1. The lowest BCUT2D eigenvalue weighted by atomic mass is 9.92. The summed E-state index contributed by atoms with van der Waals surface area (Å²) in [5.41, 5.74) is -0.482. The van der Waals surface area contributed by atoms with Gasteiger partial charge in [-0.3, -0.25) is 9.79 Å². The molecule has 0 unspecified atom stereocenters. The molecule has 136 valence electrons. The van der Waals surface area contributed by atoms with Crippen molar-refractivity contribution >= 4 is 11.9 Å². The van der Waals surface area contributed by atoms with Gasteiger partial charge in [0.05, 0.1) is 5.41 Å². The van der Waals surface area contributed by atoms with E-state index in [9.17, 15) is 4.79 Å². The first kappa shape index (κ1) is 21.7. The largest absolute Gasteiger partial charge is 0.385 e. The standard InChI is InChI=1S/C16H35N5O2/c1-7-18-14(22)16(2,3)13-20-15(17-4)19-9-11-21(5)10-8-12-23-6/h7-13H2,1-6H3,(H,18,22)(H2,17,19,20). The summed E-state index contributed by atoms with van der Waals surface area (Å²) in [6.45, 7) is 10.4. The van der Waals surface area contributed by atoms with Gasteiger partial charge in [0.25, 0.3) is 0 Å². The number of aliphatic imine (C=N–C) groups is 1. The Kier molecular flexibility index (Phi) is 11.4. The molecule has 0 aliphatic heterocycles. The molecule has 0 aliphatic rings. The van der Waals surface area contributed by atoms with E-state index in [0.717, 1.165) is 32.7 Å². The fraction of sp³-hybridized carbons (Fsp3) is 0.875. The van der Waals surface area contributed by atoms with Crippen LogP contribution < -0.4 is 16.0 Å². The SMILES string of the molecule is CCNC(=O)C(C)(C)CNC(=NC)NCCN(C)CCCOC. The molecule has 23 heavy (non-hydrogen) atoms. The molecule has 0 rings (SSSR count). The van der Waals surface area contributed by atoms with Gasteiger partial charge in [0.1, 0.15) is 0 Å². The number of hydrogen-bond acceptors (Lipinski definition) is 4. The van der Waals surface area contributed by atoms with Crippen LogP contribution in [0.4, 0.5) is 0 Å². The van der Waals surface area contributed by atoms with Crippen LogP contribution in [0.15, 0.2) is 4.99 Å². The van der Waals surface area contributed by atoms with Gasteiger partial charge in [0, 0.05) is 53.5 Å². The maximum atomic E-state index is 12.0. The fourth-order valence-electron chi connectivity index (χ4n) is 1.96. The Morgan fingerprint density at radius 2 is 1.91 bits per heavy atom. The number of rotatable bonds is 11. The second-order valence-corrected chi connectivity index (χ2v) is 6.25. The minimum Gasteiger partial charge on any atom is -0.385 e. The highest BCUT2D eigenvalue weighted by molar-refractivity contribution is 5.84. The average molecular weight is 329 g/mol. The predicted molar refractivity (Wildman–Crippen MR) is 95.8 cm³/mol. The highest BCUT2D eigenvalue weighted by Gasteiger charge is 2.27. The molecule has 7 nitrogen and oxygen atoms in total. The summed E-state index contributed by atoms with van der Waals surface area (Å²) in [7, 11) is 5.54. The van der Waals surface area contributed by atoms with Gasteiger partial charge in [-0.15, -0.1) is 0 Å². The summed E-state index contributed by atoms with van der Waals surface area (Å²) in [6, 6.07) is 0. The van der Waals surface area contributed by atoms with Crippen LogP contribution in [0.25, 0.3) is 0 Å². The topological polar surface area (TPSA) is 78.0 Å². The third-order valence-electron chi connectivity index (χ3n) is 3.55. The molecule has 0 fully saturated rings. The Bertz CT molecular complexity index is 358. The van der Waals surface area contributed by atoms with Gasteiger partial charge in [0.2, 0.25) is 5.91 Å². The minimum absolute atomic E-state index is 0.0424. The quantitative estimate of drug-likeness (QED) is 0.288. The average Bonchev–Trinajstić information content (AvgIpc) is 2.51. The summed E-state index contributed by atoms with van der Waals surface area (Å²) in [4.78, 5) is 18.4. The third kappa shape index (κ3) is 10.1. The molecular formula is C16H35N5O2. The maximum absolute atomic E-state index is 12.0. The van der Waals surface area contributed by atoms with Crippen molar-refractivity contribution in [2.45, 2.75) is 27.2 Å². The molecule has 0 aliphatic carbocycles. The number of likely N-dealkylation sites (N-methyl/N-ethyl adjacent to an activating group) is 1. The van der Waals surface area contributed by atoms with E-state index in [0.29, 0.717) is 19.0 Å². The second-order valence-electron chi connectivity index (χ2n) is 6.25. The normalized spacial score (nSPS) is 12.4. The lowest BCUT2D eigenvalue weighted by Gasteiger charge is -2.25. The molecule has 0 saturated carbocycles. The summed E-state index contributed by atoms with van der Waals surface area (Å²) < 4.78 is 5.05. The molecule has 0 spiro atoms. The number of carbonyl (C=O) groups excluding carboxylic acids is 1. The van der Waals surface area contributed by atoms with Crippen molar-refractivity contribution in [3.8, 4) is 0 Å². The summed E-state index contributed by atoms with van der Waals surface area (Å²) >= 11 is 0. The number of carbonyl (C=O) groups is 1. The molecular weight excluding hydrogens is 294 g/mol. The number of methoxy groups -OCH3 is 1. The Morgan fingerprint density at radius 3 is 2.48 bits per heavy atom. The molecule has 0 aromatic rings. The van der Waals surface area contributed by atoms with E-state index in [4.69, 9.17) is 4.74 Å². The van der Waals surface area contributed by atoms with Crippen molar-refractivity contribution < 1.29 is 9.53 Å². The molecule has 0 saturated heterocycles. The van der Waals surface area contributed by atoms with Crippen molar-refractivity contribution in [1.29, 1.82) is 0 Å². The van der Waals surface area contributed by atoms with E-state index in [1.54, 1.807) is 14.2 Å². The zero-order valence-electron chi connectivity index (χ0n) is 15.7. The molecule has 0 bridgehead atoms. The number of nitrogens with zero attached hydrogens (tertiary/aromatic N) is 2. The zero-order valence-corrected chi connectivity index (χ0v) is 15.7. The van der Waals surface area contributed by atoms with Gasteiger partial charge in [-0.25, -0.2) is 0 Å². The predicted octanol–water partition coefficient (Wildman–Crippen LogP) is 0.282. The molecule has 1 amide bonds. The zero-order chi connectivity index (χ0) is 17.7. The lowest BCUT2D eigenvalue weighted by molar-refractivity contribution is -0.128. The maximum Gasteiger partial charge on any atom is 0.227 e. The van der Waals surface area contributed by atoms with Crippen LogP contribution in [0, 0.1) is 5.41 Å². The molecule has 7 heteroatoms. The monoisotopic (exact) mass is 329 g/mol. The second kappa shape index (κ2) is 12.1. The summed E-state index contributed by atoms with van der Waals surface area (Å²) in [6.07, 6.45) is 1.03. The molecule has 0 heterocycles. The highest BCUT2D eigenvalue weighted by atomic mass is 16.5. The molecule has 3 N–H and O–H groups in total. The van der Waals surface area contributed by atoms with Crippen LogP contribution in [0.3, 0.4) is 0 Å². The van der Waals surface area contributed by atoms with Crippen molar-refractivity contribution in [3.63, 3.8) is 0 Å². The molecule has 0 atom stereocenters. The smallest absolute Gasteiger partial charge is 0.227 e. The van der Waals surface area contributed by atoms with Gasteiger partial charge in [-0.1, -0.05) is 0 Å². The molecule has 0 radical (unpaired) electrons. The molecule has 0 aromatic heterocycles. The Labute approximate surface area is 141 Å². The molecule has 0 aromatic carbocycles. The van der Waals surface area contributed by atoms with Crippen molar-refractivity contribution in [2.75, 3.05) is 60.5 Å². The summed E-state index contributed by atoms with van der Waals surface area (Å²) in [5, 5.41) is 9.34. The number of guanidine groups is 1. The minimum atomic E-state index is -0.482. The van der Waals surface area contributed by atoms with E-state index in [-0.39, 0.29) is 5.91 Å². The van der Waals surface area contributed by atoms with Crippen molar-refractivity contribution in [2.24, 2.45) is 10.4 Å². The van der Waals surface area contributed by atoms with Crippen LogP contribution in [0.5, 0.6) is 0 Å². The van der Waals surface area contributed by atoms with Crippen LogP contribution in [0.2, 0.25) is 0 Å². The number of nitrogens with one attached hydrogen (secondary N) is 3. The Hall–Kier alpha value is -1.34. The summed E-state index contributed by atoms with van der Waals surface area (Å²) in [5.74, 6) is 0.758. The van der Waals surface area contributed by atoms with E-state index in [1.807, 2.05) is 20.8 Å². The van der Waals surface area contributed by atoms with Crippen LogP contribution in [-0.2, 0) is 9.53 Å². The van der Waals surface area contributed by atoms with E-state index in [1.165, 1.54) is 0 Å². The first-order chi connectivity index (χ1) is 10.9. The Balaban J connectivity index is 4.06. The van der Waals surface area contributed by atoms with Crippen molar-refractivity contribution in [1.82, 2.24) is 20.9 Å². The first-order valence-corrected chi connectivity index (χ1v) is 8.27. The van der Waals surface area contributed by atoms with Gasteiger partial charge in [0.15, 0.2) is 5.96 Å². The Morgan fingerprint density at radius 1 is 1.22 bits per heavy atom. The van der Waals surface area contributed by atoms with Crippen LogP contribution in [-0.4, -0.2) is 77.3 Å². The van der Waals surface area contributed by atoms with Gasteiger partial charge in [-0.05, 0) is 34.2 Å². The van der Waals surface area contributed by atoms with Crippen molar-refractivity contribution in [3.05, 3.63) is 0 Å². The third-order valence-corrected chi connectivity index (χ3v) is 3.55. The van der Waals surface area contributed by atoms with Crippen LogP contribution in [0.1, 0.15) is 27.2 Å². The lowest BCUT2D eigenvalue weighted by Crippen LogP contribution is -2.48. The fourth-order valence-corrected chi connectivity index (χ4v) is 1.96. The van der Waals surface area contributed by atoms with E-state index >= 15 is 0 Å². The number of ether oxygens (including phenoxy) is 1.